The first kappa shape index (κ1) is 15.7. The Balaban J connectivity index is 0. The summed E-state index contributed by atoms with van der Waals surface area (Å²) in [7, 11) is 0. The smallest absolute Gasteiger partial charge is 0.128 e. The molecule has 2 nitrogen and oxygen atoms in total. The fraction of sp³-hybridized carbons (Fsp3) is 0.889. The number of hydrogen-bond acceptors (Lipinski definition) is 2. The fourth-order valence-corrected chi connectivity index (χ4v) is 0.661. The van der Waals surface area contributed by atoms with Gasteiger partial charge in [-0.15, -0.1) is 12.6 Å². The van der Waals surface area contributed by atoms with Gasteiger partial charge in [0.1, 0.15) is 4.32 Å². The van der Waals surface area contributed by atoms with Crippen molar-refractivity contribution >= 4 is 29.2 Å². The lowest BCUT2D eigenvalue weighted by atomic mass is 10.2. The molecule has 0 aliphatic carbocycles. The molecular weight excluding hydrogens is 200 g/mol. The number of nitrogens with one attached hydrogen (secondary N) is 1. The Morgan fingerprint density at radius 3 is 1.62 bits per heavy atom. The van der Waals surface area contributed by atoms with Crippen LogP contribution in [0.4, 0.5) is 0 Å². The highest BCUT2D eigenvalue weighted by atomic mass is 32.1. The quantitative estimate of drug-likeness (QED) is 0.503. The zero-order valence-electron chi connectivity index (χ0n) is 9.00. The number of thiocarbonyl (C=S) groups is 1. The van der Waals surface area contributed by atoms with Crippen LogP contribution in [-0.4, -0.2) is 17.4 Å². The zero-order chi connectivity index (χ0) is 10.9. The molecule has 0 bridgehead atoms. The summed E-state index contributed by atoms with van der Waals surface area (Å²) in [5, 5.41) is 3.38. The highest BCUT2D eigenvalue weighted by molar-refractivity contribution is 8.10. The summed E-state index contributed by atoms with van der Waals surface area (Å²) in [5.74, 6) is 1.56. The first-order chi connectivity index (χ1) is 5.86. The van der Waals surface area contributed by atoms with Gasteiger partial charge in [0.25, 0.3) is 0 Å². The summed E-state index contributed by atoms with van der Waals surface area (Å²) in [6.07, 6.45) is 0. The van der Waals surface area contributed by atoms with Gasteiger partial charge in [0.05, 0.1) is 0 Å². The van der Waals surface area contributed by atoms with Gasteiger partial charge in [-0.2, -0.15) is 0 Å². The largest absolute Gasteiger partial charge is 0.385 e. The third kappa shape index (κ3) is 33.0. The minimum Gasteiger partial charge on any atom is -0.385 e. The Morgan fingerprint density at radius 1 is 1.23 bits per heavy atom. The Morgan fingerprint density at radius 2 is 1.46 bits per heavy atom. The van der Waals surface area contributed by atoms with E-state index in [1.165, 1.54) is 0 Å². The molecule has 0 spiro atoms. The molecule has 0 aliphatic rings. The number of thiol groups is 1. The molecule has 0 aromatic rings. The van der Waals surface area contributed by atoms with Gasteiger partial charge in [-0.3, -0.25) is 0 Å². The molecule has 0 unspecified atom stereocenters. The van der Waals surface area contributed by atoms with Crippen LogP contribution in [0.2, 0.25) is 0 Å². The van der Waals surface area contributed by atoms with E-state index >= 15 is 0 Å². The molecule has 0 aromatic carbocycles. The molecule has 80 valence electrons. The Bertz CT molecular complexity index is 113. The summed E-state index contributed by atoms with van der Waals surface area (Å²) in [6.45, 7) is 11.2. The van der Waals surface area contributed by atoms with Gasteiger partial charge in [-0.25, -0.2) is 0 Å². The van der Waals surface area contributed by atoms with E-state index in [-0.39, 0.29) is 4.32 Å². The van der Waals surface area contributed by atoms with E-state index in [9.17, 15) is 0 Å². The van der Waals surface area contributed by atoms with Crippen LogP contribution in [-0.2, 0) is 0 Å². The molecular formula is C9H22N2S2. The summed E-state index contributed by atoms with van der Waals surface area (Å²) >= 11 is 7.65. The molecule has 0 aliphatic heterocycles. The molecule has 0 atom stereocenters. The van der Waals surface area contributed by atoms with Crippen LogP contribution < -0.4 is 11.1 Å². The first-order valence-corrected chi connectivity index (χ1v) is 5.40. The minimum atomic E-state index is 0.194. The second-order valence-electron chi connectivity index (χ2n) is 3.78. The van der Waals surface area contributed by atoms with Gasteiger partial charge in [-0.05, 0) is 24.9 Å². The van der Waals surface area contributed by atoms with Crippen molar-refractivity contribution in [3.8, 4) is 0 Å². The van der Waals surface area contributed by atoms with Gasteiger partial charge in [0.2, 0.25) is 0 Å². The predicted molar refractivity (Wildman–Crippen MR) is 68.3 cm³/mol. The molecule has 13 heavy (non-hydrogen) atoms. The van der Waals surface area contributed by atoms with E-state index in [0.717, 1.165) is 24.9 Å². The maximum absolute atomic E-state index is 4.71. The second kappa shape index (κ2) is 10.3. The predicted octanol–water partition coefficient (Wildman–Crippen LogP) is 2.05. The molecule has 0 saturated heterocycles. The molecule has 0 fully saturated rings. The van der Waals surface area contributed by atoms with Crippen molar-refractivity contribution in [2.75, 3.05) is 13.1 Å². The summed E-state index contributed by atoms with van der Waals surface area (Å²) in [4.78, 5) is 0. The topological polar surface area (TPSA) is 38.0 Å². The van der Waals surface area contributed by atoms with E-state index in [0.29, 0.717) is 0 Å². The van der Waals surface area contributed by atoms with Crippen LogP contribution in [0.1, 0.15) is 27.7 Å². The lowest BCUT2D eigenvalue weighted by molar-refractivity contribution is 0.497. The van der Waals surface area contributed by atoms with E-state index in [1.807, 2.05) is 0 Å². The van der Waals surface area contributed by atoms with Crippen LogP contribution in [0.25, 0.3) is 0 Å². The molecule has 0 rings (SSSR count). The van der Waals surface area contributed by atoms with Crippen LogP contribution in [0, 0.1) is 11.8 Å². The maximum Gasteiger partial charge on any atom is 0.128 e. The van der Waals surface area contributed by atoms with Crippen molar-refractivity contribution in [2.24, 2.45) is 17.6 Å². The fourth-order valence-electron chi connectivity index (χ4n) is 0.661. The lowest BCUT2D eigenvalue weighted by Crippen LogP contribution is -2.23. The van der Waals surface area contributed by atoms with Crippen molar-refractivity contribution < 1.29 is 0 Å². The van der Waals surface area contributed by atoms with E-state index in [2.05, 4.69) is 57.9 Å². The summed E-state index contributed by atoms with van der Waals surface area (Å²) < 4.78 is 0.194. The molecule has 3 N–H and O–H groups in total. The zero-order valence-corrected chi connectivity index (χ0v) is 10.7. The van der Waals surface area contributed by atoms with Crippen molar-refractivity contribution in [3.63, 3.8) is 0 Å². The Hall–Kier alpha value is 0.200. The van der Waals surface area contributed by atoms with Crippen LogP contribution in [0.15, 0.2) is 0 Å². The van der Waals surface area contributed by atoms with Crippen LogP contribution in [0.3, 0.4) is 0 Å². The molecule has 0 saturated carbocycles. The van der Waals surface area contributed by atoms with Gasteiger partial charge >= 0.3 is 0 Å². The van der Waals surface area contributed by atoms with Crippen molar-refractivity contribution in [1.82, 2.24) is 5.32 Å². The normalized spacial score (nSPS) is 9.77. The third-order valence-corrected chi connectivity index (χ3v) is 1.11. The third-order valence-electron chi connectivity index (χ3n) is 1.11. The maximum atomic E-state index is 4.71. The molecule has 0 radical (unpaired) electrons. The Kier molecular flexibility index (Phi) is 12.4. The van der Waals surface area contributed by atoms with E-state index in [4.69, 9.17) is 5.73 Å². The second-order valence-corrected chi connectivity index (χ2v) is 5.01. The van der Waals surface area contributed by atoms with Crippen LogP contribution in [0.5, 0.6) is 0 Å². The van der Waals surface area contributed by atoms with Crippen molar-refractivity contribution in [3.05, 3.63) is 0 Å². The molecule has 0 aromatic heterocycles. The summed E-state index contributed by atoms with van der Waals surface area (Å²) in [6, 6.07) is 0. The lowest BCUT2D eigenvalue weighted by Gasteiger charge is -2.08. The van der Waals surface area contributed by atoms with Crippen molar-refractivity contribution in [1.29, 1.82) is 0 Å². The average Bonchev–Trinajstić information content (AvgIpc) is 1.83. The Labute approximate surface area is 93.1 Å². The minimum absolute atomic E-state index is 0.194. The number of hydrogen-bond donors (Lipinski definition) is 3. The first-order valence-electron chi connectivity index (χ1n) is 4.55. The van der Waals surface area contributed by atoms with Gasteiger partial charge in [0.15, 0.2) is 0 Å². The molecule has 0 heterocycles. The monoisotopic (exact) mass is 222 g/mol. The van der Waals surface area contributed by atoms with Crippen LogP contribution >= 0.6 is 24.8 Å². The highest BCUT2D eigenvalue weighted by Gasteiger charge is 1.94. The number of nitrogens with two attached hydrogens (primary N) is 1. The molecule has 0 amide bonds. The standard InChI is InChI=1S/C8H19N.CH3NS2/c1-7(2)5-9-6-8(3)4;2-1(3)4/h7-9H,5-6H2,1-4H3;(H3,2,3,4). The van der Waals surface area contributed by atoms with Gasteiger partial charge < -0.3 is 11.1 Å². The average molecular weight is 222 g/mol. The highest BCUT2D eigenvalue weighted by Crippen LogP contribution is 1.90. The molecule has 4 heteroatoms. The van der Waals surface area contributed by atoms with E-state index in [1.54, 1.807) is 0 Å². The summed E-state index contributed by atoms with van der Waals surface area (Å²) in [5.41, 5.74) is 4.71. The van der Waals surface area contributed by atoms with Crippen molar-refractivity contribution in [2.45, 2.75) is 27.7 Å². The van der Waals surface area contributed by atoms with Gasteiger partial charge in [0, 0.05) is 0 Å². The van der Waals surface area contributed by atoms with Gasteiger partial charge in [-0.1, -0.05) is 39.9 Å². The number of rotatable bonds is 4. The van der Waals surface area contributed by atoms with E-state index < -0.39 is 0 Å². The SMILES string of the molecule is CC(C)CNCC(C)C.NC(=S)S.